The number of likely N-dealkylation sites (tertiary alicyclic amines) is 1. The molecule has 1 aliphatic rings. The summed E-state index contributed by atoms with van der Waals surface area (Å²) in [6, 6.07) is 28.0. The Morgan fingerprint density at radius 3 is 2.35 bits per heavy atom. The zero-order valence-corrected chi connectivity index (χ0v) is 18.2. The first-order valence-electron chi connectivity index (χ1n) is 10.6. The quantitative estimate of drug-likeness (QED) is 0.514. The molecule has 0 spiro atoms. The molecule has 3 aromatic rings. The second-order valence-electron chi connectivity index (χ2n) is 7.68. The molecule has 2 amide bonds. The zero-order valence-electron chi connectivity index (χ0n) is 17.4. The molecule has 5 heteroatoms. The number of benzene rings is 3. The third kappa shape index (κ3) is 5.76. The largest absolute Gasteiger partial charge is 0.351 e. The second-order valence-corrected chi connectivity index (χ2v) is 8.86. The molecular formula is C26H26N2O2S. The number of hydrogen-bond donors (Lipinski definition) is 1. The molecule has 1 saturated heterocycles. The summed E-state index contributed by atoms with van der Waals surface area (Å²) < 4.78 is 0. The van der Waals surface area contributed by atoms with Gasteiger partial charge in [-0.3, -0.25) is 9.59 Å². The van der Waals surface area contributed by atoms with Gasteiger partial charge in [-0.2, -0.15) is 0 Å². The van der Waals surface area contributed by atoms with E-state index >= 15 is 0 Å². The van der Waals surface area contributed by atoms with Crippen molar-refractivity contribution >= 4 is 23.6 Å². The van der Waals surface area contributed by atoms with Gasteiger partial charge in [-0.05, 0) is 35.2 Å². The molecule has 3 aromatic carbocycles. The van der Waals surface area contributed by atoms with Crippen LogP contribution in [0.25, 0.3) is 0 Å². The molecule has 0 aromatic heterocycles. The van der Waals surface area contributed by atoms with E-state index in [2.05, 4.69) is 11.4 Å². The van der Waals surface area contributed by atoms with Crippen molar-refractivity contribution < 1.29 is 9.59 Å². The molecule has 4 nitrogen and oxygen atoms in total. The lowest BCUT2D eigenvalue weighted by atomic mass is 10.1. The minimum absolute atomic E-state index is 0.0137. The number of rotatable bonds is 8. The predicted octanol–water partition coefficient (Wildman–Crippen LogP) is 4.96. The normalized spacial score (nSPS) is 14.5. The second kappa shape index (κ2) is 10.3. The maximum absolute atomic E-state index is 13.1. The maximum Gasteiger partial charge on any atom is 0.238 e. The van der Waals surface area contributed by atoms with Crippen LogP contribution in [-0.4, -0.2) is 23.3 Å². The molecule has 1 N–H and O–H groups in total. The van der Waals surface area contributed by atoms with E-state index in [1.165, 1.54) is 0 Å². The summed E-state index contributed by atoms with van der Waals surface area (Å²) in [4.78, 5) is 28.0. The van der Waals surface area contributed by atoms with E-state index in [9.17, 15) is 9.59 Å². The molecule has 0 bridgehead atoms. The fourth-order valence-electron chi connectivity index (χ4n) is 3.75. The monoisotopic (exact) mass is 430 g/mol. The summed E-state index contributed by atoms with van der Waals surface area (Å²) in [7, 11) is 0. The lowest BCUT2D eigenvalue weighted by Gasteiger charge is -2.18. The number of carbonyl (C=O) groups is 2. The number of thioether (sulfide) groups is 1. The molecule has 0 radical (unpaired) electrons. The van der Waals surface area contributed by atoms with E-state index in [0.29, 0.717) is 19.5 Å². The smallest absolute Gasteiger partial charge is 0.238 e. The van der Waals surface area contributed by atoms with E-state index in [4.69, 9.17) is 0 Å². The molecule has 1 aliphatic heterocycles. The molecule has 1 heterocycles. The Kier molecular flexibility index (Phi) is 7.05. The van der Waals surface area contributed by atoms with Gasteiger partial charge in [0, 0.05) is 31.0 Å². The lowest BCUT2D eigenvalue weighted by molar-refractivity contribution is -0.128. The Morgan fingerprint density at radius 1 is 0.935 bits per heavy atom. The third-order valence-electron chi connectivity index (χ3n) is 5.34. The van der Waals surface area contributed by atoms with Crippen molar-refractivity contribution in [2.45, 2.75) is 36.1 Å². The fourth-order valence-corrected chi connectivity index (χ4v) is 4.82. The van der Waals surface area contributed by atoms with Crippen LogP contribution in [0.4, 0.5) is 0 Å². The van der Waals surface area contributed by atoms with Gasteiger partial charge in [0.25, 0.3) is 0 Å². The van der Waals surface area contributed by atoms with Crippen molar-refractivity contribution in [1.82, 2.24) is 10.2 Å². The molecule has 31 heavy (non-hydrogen) atoms. The number of carbonyl (C=O) groups excluding carboxylic acids is 2. The first-order chi connectivity index (χ1) is 15.2. The third-order valence-corrected chi connectivity index (χ3v) is 6.61. The zero-order chi connectivity index (χ0) is 21.5. The van der Waals surface area contributed by atoms with Crippen molar-refractivity contribution in [3.8, 4) is 0 Å². The van der Waals surface area contributed by atoms with Gasteiger partial charge in [0.05, 0.1) is 0 Å². The van der Waals surface area contributed by atoms with E-state index in [1.807, 2.05) is 83.8 Å². The minimum Gasteiger partial charge on any atom is -0.351 e. The summed E-state index contributed by atoms with van der Waals surface area (Å²) in [6.07, 6.45) is 1.59. The average molecular weight is 431 g/mol. The first-order valence-corrected chi connectivity index (χ1v) is 11.5. The summed E-state index contributed by atoms with van der Waals surface area (Å²) in [5, 5.41) is 2.78. The van der Waals surface area contributed by atoms with E-state index < -0.39 is 0 Å². The molecule has 158 valence electrons. The SMILES string of the molecule is O=C(NCc1cccc(CN2CCCC2=O)c1)C(Sc1ccccc1)c1ccccc1. The van der Waals surface area contributed by atoms with Gasteiger partial charge in [-0.1, -0.05) is 72.8 Å². The topological polar surface area (TPSA) is 49.4 Å². The molecular weight excluding hydrogens is 404 g/mol. The van der Waals surface area contributed by atoms with Gasteiger partial charge in [0.2, 0.25) is 11.8 Å². The minimum atomic E-state index is -0.325. The Morgan fingerprint density at radius 2 is 1.65 bits per heavy atom. The Hall–Kier alpha value is -3.05. The lowest BCUT2D eigenvalue weighted by Crippen LogP contribution is -2.27. The van der Waals surface area contributed by atoms with Gasteiger partial charge in [0.15, 0.2) is 0 Å². The first kappa shape index (κ1) is 21.2. The summed E-state index contributed by atoms with van der Waals surface area (Å²) >= 11 is 1.55. The van der Waals surface area contributed by atoms with Gasteiger partial charge in [0.1, 0.15) is 5.25 Å². The van der Waals surface area contributed by atoms with Gasteiger partial charge < -0.3 is 10.2 Å². The van der Waals surface area contributed by atoms with Crippen LogP contribution >= 0.6 is 11.8 Å². The molecule has 1 fully saturated rings. The van der Waals surface area contributed by atoms with Crippen LogP contribution in [0.5, 0.6) is 0 Å². The fraction of sp³-hybridized carbons (Fsp3) is 0.231. The predicted molar refractivity (Wildman–Crippen MR) is 124 cm³/mol. The summed E-state index contributed by atoms with van der Waals surface area (Å²) in [5.41, 5.74) is 3.12. The molecule has 4 rings (SSSR count). The van der Waals surface area contributed by atoms with E-state index in [-0.39, 0.29) is 17.1 Å². The van der Waals surface area contributed by atoms with Crippen molar-refractivity contribution in [2.75, 3.05) is 6.54 Å². The van der Waals surface area contributed by atoms with Crippen molar-refractivity contribution in [2.24, 2.45) is 0 Å². The molecule has 0 aliphatic carbocycles. The highest BCUT2D eigenvalue weighted by Gasteiger charge is 2.22. The number of amides is 2. The highest BCUT2D eigenvalue weighted by molar-refractivity contribution is 8.00. The average Bonchev–Trinajstić information content (AvgIpc) is 3.21. The summed E-state index contributed by atoms with van der Waals surface area (Å²) in [6.45, 7) is 1.92. The van der Waals surface area contributed by atoms with Gasteiger partial charge in [-0.25, -0.2) is 0 Å². The van der Waals surface area contributed by atoms with Crippen LogP contribution in [0.1, 0.15) is 34.8 Å². The van der Waals surface area contributed by atoms with E-state index in [0.717, 1.165) is 34.6 Å². The van der Waals surface area contributed by atoms with Gasteiger partial charge in [-0.15, -0.1) is 11.8 Å². The number of nitrogens with one attached hydrogen (secondary N) is 1. The Bertz CT molecular complexity index is 1020. The standard InChI is InChI=1S/C26H26N2O2S/c29-24-15-8-16-28(24)19-21-10-7-9-20(17-21)18-27-26(30)25(22-11-3-1-4-12-22)31-23-13-5-2-6-14-23/h1-7,9-14,17,25H,8,15-16,18-19H2,(H,27,30). The Balaban J connectivity index is 1.43. The molecule has 0 saturated carbocycles. The number of nitrogens with zero attached hydrogens (tertiary/aromatic N) is 1. The highest BCUT2D eigenvalue weighted by atomic mass is 32.2. The van der Waals surface area contributed by atoms with Crippen LogP contribution in [0.3, 0.4) is 0 Å². The van der Waals surface area contributed by atoms with Crippen molar-refractivity contribution in [3.05, 3.63) is 102 Å². The van der Waals surface area contributed by atoms with Gasteiger partial charge >= 0.3 is 0 Å². The maximum atomic E-state index is 13.1. The van der Waals surface area contributed by atoms with Crippen LogP contribution in [0.15, 0.2) is 89.8 Å². The molecule has 1 atom stereocenters. The highest BCUT2D eigenvalue weighted by Crippen LogP contribution is 2.35. The Labute approximate surface area is 187 Å². The molecule has 1 unspecified atom stereocenters. The number of hydrogen-bond acceptors (Lipinski definition) is 3. The van der Waals surface area contributed by atoms with Crippen molar-refractivity contribution in [1.29, 1.82) is 0 Å². The summed E-state index contributed by atoms with van der Waals surface area (Å²) in [5.74, 6) is 0.211. The van der Waals surface area contributed by atoms with E-state index in [1.54, 1.807) is 11.8 Å². The van der Waals surface area contributed by atoms with Crippen LogP contribution in [0.2, 0.25) is 0 Å². The van der Waals surface area contributed by atoms with Crippen LogP contribution < -0.4 is 5.32 Å². The van der Waals surface area contributed by atoms with Crippen LogP contribution in [-0.2, 0) is 22.7 Å². The van der Waals surface area contributed by atoms with Crippen LogP contribution in [0, 0.1) is 0 Å². The van der Waals surface area contributed by atoms with Crippen molar-refractivity contribution in [3.63, 3.8) is 0 Å².